The molecule has 0 N–H and O–H groups in total. The Bertz CT molecular complexity index is 928. The summed E-state index contributed by atoms with van der Waals surface area (Å²) in [4.78, 5) is 28.1. The number of nitrogens with zero attached hydrogens (tertiary/aromatic N) is 2. The van der Waals surface area contributed by atoms with Crippen LogP contribution in [0.4, 0.5) is 0 Å². The summed E-state index contributed by atoms with van der Waals surface area (Å²) in [5.41, 5.74) is 1.47. The molecule has 1 aliphatic heterocycles. The van der Waals surface area contributed by atoms with Crippen LogP contribution in [0, 0.1) is 18.3 Å². The third-order valence-corrected chi connectivity index (χ3v) is 4.70. The van der Waals surface area contributed by atoms with Gasteiger partial charge >= 0.3 is 5.97 Å². The minimum absolute atomic E-state index is 0.405. The molecule has 0 radical (unpaired) electrons. The number of nitriles is 1. The monoisotopic (exact) mass is 384 g/mol. The molecule has 0 amide bonds. The van der Waals surface area contributed by atoms with Gasteiger partial charge in [-0.3, -0.25) is 4.79 Å². The van der Waals surface area contributed by atoms with Gasteiger partial charge in [-0.25, -0.2) is 9.78 Å². The molecule has 27 heavy (non-hydrogen) atoms. The number of thiazole rings is 1. The van der Waals surface area contributed by atoms with Gasteiger partial charge in [0.25, 0.3) is 0 Å². The summed E-state index contributed by atoms with van der Waals surface area (Å²) >= 11 is 1.23. The van der Waals surface area contributed by atoms with Crippen LogP contribution in [0.1, 0.15) is 22.2 Å². The van der Waals surface area contributed by atoms with E-state index in [-0.39, 0.29) is 0 Å². The first-order valence-electron chi connectivity index (χ1n) is 8.15. The van der Waals surface area contributed by atoms with E-state index in [0.717, 1.165) is 11.3 Å². The van der Waals surface area contributed by atoms with Gasteiger partial charge < -0.3 is 14.2 Å². The number of ketones is 1. The van der Waals surface area contributed by atoms with Crippen LogP contribution in [0.2, 0.25) is 0 Å². The highest BCUT2D eigenvalue weighted by Gasteiger charge is 2.24. The number of ether oxygens (including phenoxy) is 3. The van der Waals surface area contributed by atoms with E-state index in [1.807, 2.05) is 6.07 Å². The molecule has 0 aliphatic carbocycles. The minimum atomic E-state index is -1.03. The van der Waals surface area contributed by atoms with Crippen molar-refractivity contribution in [3.63, 3.8) is 0 Å². The summed E-state index contributed by atoms with van der Waals surface area (Å²) in [6.45, 7) is 2.28. The first kappa shape index (κ1) is 18.6. The third-order valence-electron chi connectivity index (χ3n) is 3.67. The molecule has 1 atom stereocenters. The summed E-state index contributed by atoms with van der Waals surface area (Å²) < 4.78 is 15.9. The molecule has 8 heteroatoms. The topological polar surface area (TPSA) is 98.5 Å². The van der Waals surface area contributed by atoms with Crippen molar-refractivity contribution >= 4 is 29.2 Å². The largest absolute Gasteiger partial charge is 0.486 e. The Morgan fingerprint density at radius 3 is 2.85 bits per heavy atom. The zero-order chi connectivity index (χ0) is 19.2. The van der Waals surface area contributed by atoms with Gasteiger partial charge in [0.1, 0.15) is 18.2 Å². The van der Waals surface area contributed by atoms with Gasteiger partial charge in [-0.15, -0.1) is 11.3 Å². The molecule has 0 spiro atoms. The number of carbonyl (C=O) groups excluding carboxylic acids is 2. The molecule has 1 aromatic heterocycles. The Hall–Kier alpha value is -3.18. The second-order valence-electron chi connectivity index (χ2n) is 5.70. The molecule has 0 fully saturated rings. The molecule has 7 nitrogen and oxygen atoms in total. The van der Waals surface area contributed by atoms with E-state index in [0.29, 0.717) is 29.7 Å². The number of esters is 1. The Balaban J connectivity index is 1.55. The van der Waals surface area contributed by atoms with Crippen molar-refractivity contribution in [1.29, 1.82) is 5.26 Å². The predicted octanol–water partition coefficient (Wildman–Crippen LogP) is 2.66. The standard InChI is InChI=1S/C19H16N2O5S/c1-12-11-27-19(21-12)14(9-20)15(22)10-26-18(23)5-3-13-2-4-16-17(8-13)25-7-6-24-16/h2-5,8,11,14H,6-7,10H2,1H3/b5-3+/t14-/m0/s1. The second-order valence-corrected chi connectivity index (χ2v) is 6.59. The van der Waals surface area contributed by atoms with E-state index in [2.05, 4.69) is 4.98 Å². The lowest BCUT2D eigenvalue weighted by Gasteiger charge is -2.18. The molecule has 0 saturated carbocycles. The highest BCUT2D eigenvalue weighted by atomic mass is 32.1. The summed E-state index contributed by atoms with van der Waals surface area (Å²) in [7, 11) is 0. The Morgan fingerprint density at radius 1 is 1.37 bits per heavy atom. The fraction of sp³-hybridized carbons (Fsp3) is 0.263. The smallest absolute Gasteiger partial charge is 0.331 e. The normalized spacial score (nSPS) is 13.8. The maximum absolute atomic E-state index is 12.1. The maximum Gasteiger partial charge on any atom is 0.331 e. The number of rotatable bonds is 6. The molecule has 1 aromatic carbocycles. The first-order chi connectivity index (χ1) is 13.1. The summed E-state index contributed by atoms with van der Waals surface area (Å²) in [6, 6.07) is 7.19. The van der Waals surface area contributed by atoms with Crippen LogP contribution in [0.3, 0.4) is 0 Å². The van der Waals surface area contributed by atoms with Crippen LogP contribution in [-0.4, -0.2) is 36.6 Å². The molecular formula is C19H16N2O5S. The second kappa shape index (κ2) is 8.47. The molecule has 0 bridgehead atoms. The zero-order valence-corrected chi connectivity index (χ0v) is 15.3. The van der Waals surface area contributed by atoms with Crippen LogP contribution in [0.25, 0.3) is 6.08 Å². The molecular weight excluding hydrogens is 368 g/mol. The average Bonchev–Trinajstić information content (AvgIpc) is 3.11. The molecule has 1 aliphatic rings. The third kappa shape index (κ3) is 4.71. The number of aromatic nitrogens is 1. The van der Waals surface area contributed by atoms with Gasteiger partial charge in [0.2, 0.25) is 0 Å². The SMILES string of the molecule is Cc1csc([C@@H](C#N)C(=O)COC(=O)/C=C/c2ccc3c(c2)OCCO3)n1. The lowest BCUT2D eigenvalue weighted by molar-refractivity contribution is -0.143. The lowest BCUT2D eigenvalue weighted by atomic mass is 10.1. The van der Waals surface area contributed by atoms with Gasteiger partial charge in [-0.2, -0.15) is 5.26 Å². The van der Waals surface area contributed by atoms with Crippen LogP contribution in [0.5, 0.6) is 11.5 Å². The van der Waals surface area contributed by atoms with Crippen molar-refractivity contribution in [3.05, 3.63) is 45.9 Å². The highest BCUT2D eigenvalue weighted by molar-refractivity contribution is 7.09. The van der Waals surface area contributed by atoms with Crippen molar-refractivity contribution < 1.29 is 23.8 Å². The molecule has 138 valence electrons. The number of aryl methyl sites for hydroxylation is 1. The Morgan fingerprint density at radius 2 is 2.15 bits per heavy atom. The Kier molecular flexibility index (Phi) is 5.84. The quantitative estimate of drug-likeness (QED) is 0.558. The number of hydrogen-bond donors (Lipinski definition) is 0. The minimum Gasteiger partial charge on any atom is -0.486 e. The van der Waals surface area contributed by atoms with Gasteiger partial charge in [-0.1, -0.05) is 6.07 Å². The van der Waals surface area contributed by atoms with E-state index in [4.69, 9.17) is 14.2 Å². The van der Waals surface area contributed by atoms with Gasteiger partial charge in [0.05, 0.1) is 6.07 Å². The lowest BCUT2D eigenvalue weighted by Crippen LogP contribution is -2.19. The van der Waals surface area contributed by atoms with Crippen molar-refractivity contribution in [2.45, 2.75) is 12.8 Å². The zero-order valence-electron chi connectivity index (χ0n) is 14.5. The maximum atomic E-state index is 12.1. The van der Waals surface area contributed by atoms with E-state index in [1.54, 1.807) is 36.6 Å². The highest BCUT2D eigenvalue weighted by Crippen LogP contribution is 2.31. The van der Waals surface area contributed by atoms with Gasteiger partial charge in [0.15, 0.2) is 29.8 Å². The summed E-state index contributed by atoms with van der Waals surface area (Å²) in [5, 5.41) is 11.4. The number of fused-ring (bicyclic) bond motifs is 1. The first-order valence-corrected chi connectivity index (χ1v) is 9.03. The van der Waals surface area contributed by atoms with E-state index in [9.17, 15) is 14.9 Å². The fourth-order valence-corrected chi connectivity index (χ4v) is 3.23. The molecule has 2 aromatic rings. The number of Topliss-reactive ketones (excluding diaryl/α,β-unsaturated/α-hetero) is 1. The number of carbonyl (C=O) groups is 2. The van der Waals surface area contributed by atoms with Gasteiger partial charge in [0, 0.05) is 17.2 Å². The van der Waals surface area contributed by atoms with E-state index >= 15 is 0 Å². The molecule has 3 rings (SSSR count). The molecule has 0 saturated heterocycles. The van der Waals surface area contributed by atoms with Crippen molar-refractivity contribution in [2.24, 2.45) is 0 Å². The molecule has 2 heterocycles. The van der Waals surface area contributed by atoms with Crippen molar-refractivity contribution in [1.82, 2.24) is 4.98 Å². The van der Waals surface area contributed by atoms with E-state index < -0.39 is 24.3 Å². The predicted molar refractivity (Wildman–Crippen MR) is 97.6 cm³/mol. The molecule has 0 unspecified atom stereocenters. The van der Waals surface area contributed by atoms with Crippen molar-refractivity contribution in [2.75, 3.05) is 19.8 Å². The van der Waals surface area contributed by atoms with E-state index in [1.165, 1.54) is 17.4 Å². The van der Waals surface area contributed by atoms with Crippen LogP contribution in [-0.2, 0) is 14.3 Å². The number of benzene rings is 1. The average molecular weight is 384 g/mol. The van der Waals surface area contributed by atoms with Crippen LogP contribution in [0.15, 0.2) is 29.7 Å². The summed E-state index contributed by atoms with van der Waals surface area (Å²) in [5.74, 6) is -0.939. The number of hydrogen-bond acceptors (Lipinski definition) is 8. The fourth-order valence-electron chi connectivity index (χ4n) is 2.37. The Labute approximate surface area is 159 Å². The van der Waals surface area contributed by atoms with Gasteiger partial charge in [-0.05, 0) is 30.7 Å². The van der Waals surface area contributed by atoms with Crippen LogP contribution < -0.4 is 9.47 Å². The van der Waals surface area contributed by atoms with Crippen LogP contribution >= 0.6 is 11.3 Å². The van der Waals surface area contributed by atoms with Crippen molar-refractivity contribution in [3.8, 4) is 17.6 Å². The summed E-state index contributed by atoms with van der Waals surface area (Å²) in [6.07, 6.45) is 2.77.